The number of aryl methyl sites for hydroxylation is 3. The first-order valence-electron chi connectivity index (χ1n) is 10.0. The van der Waals surface area contributed by atoms with Crippen LogP contribution in [0.25, 0.3) is 0 Å². The monoisotopic (exact) mass is 416 g/mol. The lowest BCUT2D eigenvalue weighted by Gasteiger charge is -2.52. The lowest BCUT2D eigenvalue weighted by Crippen LogP contribution is -2.67. The van der Waals surface area contributed by atoms with Gasteiger partial charge in [-0.15, -0.1) is 0 Å². The molecular formula is C22H28N2O4S. The van der Waals surface area contributed by atoms with Crippen molar-refractivity contribution in [2.24, 2.45) is 0 Å². The molecule has 1 spiro atoms. The summed E-state index contributed by atoms with van der Waals surface area (Å²) >= 11 is 0. The van der Waals surface area contributed by atoms with Gasteiger partial charge in [0.25, 0.3) is 0 Å². The quantitative estimate of drug-likeness (QED) is 0.749. The molecular weight excluding hydrogens is 388 g/mol. The van der Waals surface area contributed by atoms with E-state index in [2.05, 4.69) is 4.98 Å². The molecule has 2 aliphatic heterocycles. The van der Waals surface area contributed by atoms with Crippen molar-refractivity contribution < 1.29 is 17.9 Å². The summed E-state index contributed by atoms with van der Waals surface area (Å²) in [6, 6.07) is 11.3. The average Bonchev–Trinajstić information content (AvgIpc) is 2.64. The number of hydrogen-bond acceptors (Lipinski definition) is 5. The van der Waals surface area contributed by atoms with Crippen molar-refractivity contribution in [1.29, 1.82) is 0 Å². The molecule has 0 bridgehead atoms. The molecule has 1 aromatic carbocycles. The van der Waals surface area contributed by atoms with Gasteiger partial charge in [0.1, 0.15) is 0 Å². The van der Waals surface area contributed by atoms with E-state index in [1.165, 1.54) is 4.31 Å². The summed E-state index contributed by atoms with van der Waals surface area (Å²) in [7, 11) is -3.50. The Labute approximate surface area is 172 Å². The SMILES string of the molecule is Cc1cc(C)cc(S(=O)(=O)N2CC3(C[C@H](OCc4cccc(C)n4)CCO3)C2)c1. The second kappa shape index (κ2) is 7.80. The van der Waals surface area contributed by atoms with E-state index in [9.17, 15) is 8.42 Å². The van der Waals surface area contributed by atoms with E-state index in [0.29, 0.717) is 37.6 Å². The van der Waals surface area contributed by atoms with E-state index in [4.69, 9.17) is 9.47 Å². The van der Waals surface area contributed by atoms with Gasteiger partial charge in [0.2, 0.25) is 10.0 Å². The van der Waals surface area contributed by atoms with Gasteiger partial charge in [-0.2, -0.15) is 4.31 Å². The highest BCUT2D eigenvalue weighted by Gasteiger charge is 2.52. The Hall–Kier alpha value is -1.80. The van der Waals surface area contributed by atoms with Crippen LogP contribution in [0, 0.1) is 20.8 Å². The number of pyridine rings is 1. The fourth-order valence-electron chi connectivity index (χ4n) is 4.23. The number of rotatable bonds is 5. The topological polar surface area (TPSA) is 68.7 Å². The molecule has 3 heterocycles. The first-order chi connectivity index (χ1) is 13.8. The minimum atomic E-state index is -3.50. The molecule has 0 N–H and O–H groups in total. The molecule has 7 heteroatoms. The van der Waals surface area contributed by atoms with Crippen LogP contribution in [0.15, 0.2) is 41.3 Å². The normalized spacial score (nSPS) is 21.8. The number of nitrogens with zero attached hydrogens (tertiary/aromatic N) is 2. The standard InChI is InChI=1S/C22H28N2O4S/c1-16-9-17(2)11-21(10-16)29(25,26)24-14-22(15-24)12-20(7-8-28-22)27-13-19-6-4-5-18(3)23-19/h4-6,9-11,20H,7-8,12-15H2,1-3H3/t20-/m1/s1. The van der Waals surface area contributed by atoms with E-state index in [-0.39, 0.29) is 6.10 Å². The zero-order valence-corrected chi connectivity index (χ0v) is 18.0. The number of hydrogen-bond donors (Lipinski definition) is 0. The van der Waals surface area contributed by atoms with E-state index < -0.39 is 15.6 Å². The van der Waals surface area contributed by atoms with Crippen LogP contribution < -0.4 is 0 Å². The summed E-state index contributed by atoms with van der Waals surface area (Å²) in [5, 5.41) is 0. The summed E-state index contributed by atoms with van der Waals surface area (Å²) in [5.41, 5.74) is 3.35. The van der Waals surface area contributed by atoms with Gasteiger partial charge in [-0.05, 0) is 62.6 Å². The Morgan fingerprint density at radius 1 is 1.17 bits per heavy atom. The number of benzene rings is 1. The predicted octanol–water partition coefficient (Wildman–Crippen LogP) is 3.15. The second-order valence-electron chi connectivity index (χ2n) is 8.32. The van der Waals surface area contributed by atoms with E-state index in [1.807, 2.05) is 45.0 Å². The zero-order valence-electron chi connectivity index (χ0n) is 17.2. The van der Waals surface area contributed by atoms with Crippen LogP contribution in [-0.4, -0.2) is 49.1 Å². The van der Waals surface area contributed by atoms with Crippen LogP contribution in [-0.2, 0) is 26.1 Å². The summed E-state index contributed by atoms with van der Waals surface area (Å²) < 4.78 is 39.6. The molecule has 2 saturated heterocycles. The molecule has 29 heavy (non-hydrogen) atoms. The van der Waals surface area contributed by atoms with Gasteiger partial charge in [-0.1, -0.05) is 12.1 Å². The molecule has 0 radical (unpaired) electrons. The maximum Gasteiger partial charge on any atom is 0.243 e. The van der Waals surface area contributed by atoms with Gasteiger partial charge < -0.3 is 9.47 Å². The van der Waals surface area contributed by atoms with Crippen LogP contribution in [0.5, 0.6) is 0 Å². The fourth-order valence-corrected chi connectivity index (χ4v) is 6.00. The fraction of sp³-hybridized carbons (Fsp3) is 0.500. The third kappa shape index (κ3) is 4.38. The molecule has 2 aromatic rings. The Morgan fingerprint density at radius 3 is 2.59 bits per heavy atom. The van der Waals surface area contributed by atoms with Crippen LogP contribution in [0.3, 0.4) is 0 Å². The lowest BCUT2D eigenvalue weighted by molar-refractivity contribution is -0.180. The van der Waals surface area contributed by atoms with Gasteiger partial charge in [0, 0.05) is 31.8 Å². The summed E-state index contributed by atoms with van der Waals surface area (Å²) in [6.07, 6.45) is 1.58. The number of aromatic nitrogens is 1. The summed E-state index contributed by atoms with van der Waals surface area (Å²) in [4.78, 5) is 4.84. The molecule has 1 aromatic heterocycles. The molecule has 0 aliphatic carbocycles. The zero-order chi connectivity index (χ0) is 20.6. The predicted molar refractivity (Wildman–Crippen MR) is 110 cm³/mol. The van der Waals surface area contributed by atoms with Gasteiger partial charge in [0.15, 0.2) is 0 Å². The van der Waals surface area contributed by atoms with Crippen molar-refractivity contribution in [2.75, 3.05) is 19.7 Å². The molecule has 156 valence electrons. The first-order valence-corrected chi connectivity index (χ1v) is 11.5. The minimum absolute atomic E-state index is 0.0529. The van der Waals surface area contributed by atoms with E-state index in [1.54, 1.807) is 12.1 Å². The van der Waals surface area contributed by atoms with Crippen molar-refractivity contribution in [3.05, 3.63) is 58.9 Å². The largest absolute Gasteiger partial charge is 0.372 e. The van der Waals surface area contributed by atoms with Crippen molar-refractivity contribution in [3.63, 3.8) is 0 Å². The van der Waals surface area contributed by atoms with Gasteiger partial charge in [0.05, 0.1) is 28.9 Å². The maximum atomic E-state index is 13.0. The Morgan fingerprint density at radius 2 is 1.90 bits per heavy atom. The van der Waals surface area contributed by atoms with Crippen molar-refractivity contribution >= 4 is 10.0 Å². The molecule has 2 fully saturated rings. The molecule has 0 unspecified atom stereocenters. The first kappa shape index (κ1) is 20.5. The van der Waals surface area contributed by atoms with Crippen LogP contribution in [0.2, 0.25) is 0 Å². The Balaban J connectivity index is 1.38. The maximum absolute atomic E-state index is 13.0. The number of sulfonamides is 1. The van der Waals surface area contributed by atoms with Gasteiger partial charge >= 0.3 is 0 Å². The summed E-state index contributed by atoms with van der Waals surface area (Å²) in [5.74, 6) is 0. The molecule has 2 aliphatic rings. The highest BCUT2D eigenvalue weighted by molar-refractivity contribution is 7.89. The summed E-state index contributed by atoms with van der Waals surface area (Å²) in [6.45, 7) is 7.61. The minimum Gasteiger partial charge on any atom is -0.372 e. The smallest absolute Gasteiger partial charge is 0.243 e. The molecule has 0 amide bonds. The lowest BCUT2D eigenvalue weighted by atomic mass is 9.86. The third-order valence-electron chi connectivity index (χ3n) is 5.62. The van der Waals surface area contributed by atoms with Gasteiger partial charge in [-0.3, -0.25) is 4.98 Å². The highest BCUT2D eigenvalue weighted by Crippen LogP contribution is 2.38. The molecule has 0 saturated carbocycles. The van der Waals surface area contributed by atoms with Crippen molar-refractivity contribution in [3.8, 4) is 0 Å². The van der Waals surface area contributed by atoms with E-state index in [0.717, 1.165) is 28.9 Å². The van der Waals surface area contributed by atoms with Crippen molar-refractivity contribution in [2.45, 2.75) is 56.8 Å². The molecule has 6 nitrogen and oxygen atoms in total. The van der Waals surface area contributed by atoms with Crippen LogP contribution in [0.4, 0.5) is 0 Å². The second-order valence-corrected chi connectivity index (χ2v) is 10.3. The Bertz CT molecular complexity index is 979. The third-order valence-corrected chi connectivity index (χ3v) is 7.39. The van der Waals surface area contributed by atoms with E-state index >= 15 is 0 Å². The van der Waals surface area contributed by atoms with Gasteiger partial charge in [-0.25, -0.2) is 8.42 Å². The highest BCUT2D eigenvalue weighted by atomic mass is 32.2. The van der Waals surface area contributed by atoms with Crippen LogP contribution in [0.1, 0.15) is 35.4 Å². The molecule has 4 rings (SSSR count). The van der Waals surface area contributed by atoms with Crippen LogP contribution >= 0.6 is 0 Å². The number of ether oxygens (including phenoxy) is 2. The molecule has 1 atom stereocenters. The van der Waals surface area contributed by atoms with Crippen molar-refractivity contribution in [1.82, 2.24) is 9.29 Å². The average molecular weight is 417 g/mol. The Kier molecular flexibility index (Phi) is 5.50.